The number of alkyl halides is 2. The predicted octanol–water partition coefficient (Wildman–Crippen LogP) is 1.63. The molecule has 1 aliphatic heterocycles. The van der Waals surface area contributed by atoms with Crippen molar-refractivity contribution < 1.29 is 28.2 Å². The number of carbonyl (C=O) groups excluding carboxylic acids is 2. The molecule has 3 heterocycles. The maximum Gasteiger partial charge on any atom is 0.272 e. The highest BCUT2D eigenvalue weighted by Gasteiger charge is 2.30. The fraction of sp³-hybridized carbons (Fsp3) is 0.429. The molecular formula is C21H24F2N4O4. The standard InChI is InChI=1S/C21H24F2N4O4/c1-13-7-14(26-9-18(13)31-12-19(22)23)10-27-11-16-15(21(27)30)3-5-24-17(16)8-20(29)25-4-2-6-28/h3,5,7,9,19,28H,2,4,6,8,10-12H2,1H3,(H,25,29). The summed E-state index contributed by atoms with van der Waals surface area (Å²) in [6, 6.07) is 3.33. The number of hydrogen-bond donors (Lipinski definition) is 2. The second-order valence-corrected chi connectivity index (χ2v) is 7.19. The number of aliphatic hydroxyl groups is 1. The molecule has 166 valence electrons. The zero-order valence-corrected chi connectivity index (χ0v) is 17.1. The van der Waals surface area contributed by atoms with Crippen molar-refractivity contribution >= 4 is 11.8 Å². The van der Waals surface area contributed by atoms with Crippen LogP contribution in [0, 0.1) is 6.92 Å². The van der Waals surface area contributed by atoms with E-state index in [4.69, 9.17) is 9.84 Å². The number of ether oxygens (including phenoxy) is 1. The number of amides is 2. The summed E-state index contributed by atoms with van der Waals surface area (Å²) < 4.78 is 29.7. The Kier molecular flexibility index (Phi) is 7.45. The third-order valence-corrected chi connectivity index (χ3v) is 4.83. The highest BCUT2D eigenvalue weighted by Crippen LogP contribution is 2.27. The van der Waals surface area contributed by atoms with E-state index in [1.54, 1.807) is 24.0 Å². The lowest BCUT2D eigenvalue weighted by Gasteiger charge is -2.16. The van der Waals surface area contributed by atoms with Gasteiger partial charge >= 0.3 is 0 Å². The van der Waals surface area contributed by atoms with E-state index in [9.17, 15) is 18.4 Å². The summed E-state index contributed by atoms with van der Waals surface area (Å²) in [7, 11) is 0. The number of aryl methyl sites for hydroxylation is 1. The average Bonchev–Trinajstić information content (AvgIpc) is 3.04. The van der Waals surface area contributed by atoms with Crippen LogP contribution in [0.3, 0.4) is 0 Å². The number of nitrogens with one attached hydrogen (secondary N) is 1. The smallest absolute Gasteiger partial charge is 0.272 e. The van der Waals surface area contributed by atoms with Gasteiger partial charge in [-0.2, -0.15) is 0 Å². The van der Waals surface area contributed by atoms with Gasteiger partial charge in [0, 0.05) is 37.0 Å². The van der Waals surface area contributed by atoms with Gasteiger partial charge in [-0.3, -0.25) is 19.6 Å². The summed E-state index contributed by atoms with van der Waals surface area (Å²) >= 11 is 0. The van der Waals surface area contributed by atoms with Crippen molar-refractivity contribution in [2.75, 3.05) is 19.8 Å². The normalized spacial score (nSPS) is 12.9. The van der Waals surface area contributed by atoms with Gasteiger partial charge in [0.1, 0.15) is 12.4 Å². The number of aromatic nitrogens is 2. The molecule has 2 aromatic rings. The molecule has 0 bridgehead atoms. The lowest BCUT2D eigenvalue weighted by Crippen LogP contribution is -2.27. The Hall–Kier alpha value is -3.14. The lowest BCUT2D eigenvalue weighted by atomic mass is 10.1. The number of hydrogen-bond acceptors (Lipinski definition) is 6. The molecule has 2 aromatic heterocycles. The molecule has 0 fully saturated rings. The number of carbonyl (C=O) groups is 2. The monoisotopic (exact) mass is 434 g/mol. The van der Waals surface area contributed by atoms with E-state index in [2.05, 4.69) is 15.3 Å². The van der Waals surface area contributed by atoms with Crippen LogP contribution in [0.15, 0.2) is 24.5 Å². The van der Waals surface area contributed by atoms with Crippen molar-refractivity contribution in [1.29, 1.82) is 0 Å². The molecule has 3 rings (SSSR count). The molecule has 0 unspecified atom stereocenters. The molecule has 0 aliphatic carbocycles. The first-order valence-electron chi connectivity index (χ1n) is 9.89. The van der Waals surface area contributed by atoms with Crippen LogP contribution in [-0.4, -0.2) is 58.0 Å². The number of nitrogens with zero attached hydrogens (tertiary/aromatic N) is 3. The molecule has 2 amide bonds. The Morgan fingerprint density at radius 3 is 2.90 bits per heavy atom. The summed E-state index contributed by atoms with van der Waals surface area (Å²) in [6.07, 6.45) is 0.831. The minimum atomic E-state index is -2.57. The molecule has 0 spiro atoms. The number of pyridine rings is 2. The van der Waals surface area contributed by atoms with E-state index < -0.39 is 13.0 Å². The SMILES string of the molecule is Cc1cc(CN2Cc3c(ccnc3CC(=O)NCCCO)C2=O)ncc1OCC(F)F. The van der Waals surface area contributed by atoms with Gasteiger partial charge in [-0.15, -0.1) is 0 Å². The minimum Gasteiger partial charge on any atom is -0.486 e. The topological polar surface area (TPSA) is 105 Å². The number of aliphatic hydroxyl groups excluding tert-OH is 1. The third-order valence-electron chi connectivity index (χ3n) is 4.83. The van der Waals surface area contributed by atoms with Gasteiger partial charge in [0.25, 0.3) is 12.3 Å². The quantitative estimate of drug-likeness (QED) is 0.551. The van der Waals surface area contributed by atoms with Gasteiger partial charge in [-0.1, -0.05) is 0 Å². The first-order valence-corrected chi connectivity index (χ1v) is 9.89. The second-order valence-electron chi connectivity index (χ2n) is 7.19. The molecule has 2 N–H and O–H groups in total. The van der Waals surface area contributed by atoms with Crippen LogP contribution in [0.4, 0.5) is 8.78 Å². The van der Waals surface area contributed by atoms with Gasteiger partial charge in [0.15, 0.2) is 0 Å². The van der Waals surface area contributed by atoms with Crippen molar-refractivity contribution in [1.82, 2.24) is 20.2 Å². The van der Waals surface area contributed by atoms with Gasteiger partial charge in [-0.25, -0.2) is 8.78 Å². The van der Waals surface area contributed by atoms with Gasteiger partial charge in [0.05, 0.1) is 30.6 Å². The molecular weight excluding hydrogens is 410 g/mol. The molecule has 0 saturated heterocycles. The third kappa shape index (κ3) is 5.72. The molecule has 0 atom stereocenters. The summed E-state index contributed by atoms with van der Waals surface area (Å²) in [5, 5.41) is 11.5. The first-order chi connectivity index (χ1) is 14.9. The second kappa shape index (κ2) is 10.3. The van der Waals surface area contributed by atoms with E-state index in [-0.39, 0.29) is 37.1 Å². The Labute approximate surface area is 178 Å². The largest absolute Gasteiger partial charge is 0.486 e. The predicted molar refractivity (Wildman–Crippen MR) is 107 cm³/mol. The van der Waals surface area contributed by atoms with Crippen molar-refractivity contribution in [3.05, 3.63) is 52.6 Å². The van der Waals surface area contributed by atoms with Crippen LogP contribution < -0.4 is 10.1 Å². The Morgan fingerprint density at radius 2 is 2.19 bits per heavy atom. The Bertz CT molecular complexity index is 955. The van der Waals surface area contributed by atoms with E-state index in [0.717, 1.165) is 0 Å². The molecule has 0 saturated carbocycles. The molecule has 31 heavy (non-hydrogen) atoms. The summed E-state index contributed by atoms with van der Waals surface area (Å²) in [4.78, 5) is 35.0. The first kappa shape index (κ1) is 22.5. The minimum absolute atomic E-state index is 0.00440. The average molecular weight is 434 g/mol. The van der Waals surface area contributed by atoms with Crippen LogP contribution in [-0.2, 0) is 24.3 Å². The van der Waals surface area contributed by atoms with Crippen LogP contribution in [0.25, 0.3) is 0 Å². The Morgan fingerprint density at radius 1 is 1.39 bits per heavy atom. The van der Waals surface area contributed by atoms with Crippen LogP contribution in [0.2, 0.25) is 0 Å². The summed E-state index contributed by atoms with van der Waals surface area (Å²) in [6.45, 7) is 1.92. The van der Waals surface area contributed by atoms with Crippen molar-refractivity contribution in [3.8, 4) is 5.75 Å². The number of fused-ring (bicyclic) bond motifs is 1. The van der Waals surface area contributed by atoms with Gasteiger partial charge < -0.3 is 20.1 Å². The maximum absolute atomic E-state index is 12.8. The Balaban J connectivity index is 1.67. The highest BCUT2D eigenvalue weighted by atomic mass is 19.3. The fourth-order valence-corrected chi connectivity index (χ4v) is 3.33. The van der Waals surface area contributed by atoms with Crippen LogP contribution in [0.5, 0.6) is 5.75 Å². The maximum atomic E-state index is 12.8. The van der Waals surface area contributed by atoms with E-state index >= 15 is 0 Å². The van der Waals surface area contributed by atoms with E-state index in [0.29, 0.717) is 47.6 Å². The molecule has 0 radical (unpaired) electrons. The molecule has 1 aliphatic rings. The zero-order chi connectivity index (χ0) is 22.4. The molecule has 0 aromatic carbocycles. The number of halogens is 2. The summed E-state index contributed by atoms with van der Waals surface area (Å²) in [5.74, 6) is -0.132. The lowest BCUT2D eigenvalue weighted by molar-refractivity contribution is -0.120. The van der Waals surface area contributed by atoms with Crippen molar-refractivity contribution in [2.24, 2.45) is 0 Å². The van der Waals surface area contributed by atoms with E-state index in [1.165, 1.54) is 12.4 Å². The highest BCUT2D eigenvalue weighted by molar-refractivity contribution is 5.98. The van der Waals surface area contributed by atoms with Crippen LogP contribution >= 0.6 is 0 Å². The molecule has 10 heteroatoms. The fourth-order valence-electron chi connectivity index (χ4n) is 3.33. The summed E-state index contributed by atoms with van der Waals surface area (Å²) in [5.41, 5.74) is 2.99. The van der Waals surface area contributed by atoms with Gasteiger partial charge in [-0.05, 0) is 31.0 Å². The van der Waals surface area contributed by atoms with Gasteiger partial charge in [0.2, 0.25) is 5.91 Å². The van der Waals surface area contributed by atoms with Crippen molar-refractivity contribution in [3.63, 3.8) is 0 Å². The van der Waals surface area contributed by atoms with Crippen LogP contribution in [0.1, 0.15) is 39.3 Å². The van der Waals surface area contributed by atoms with E-state index in [1.807, 2.05) is 0 Å². The zero-order valence-electron chi connectivity index (χ0n) is 17.1. The number of rotatable bonds is 10. The van der Waals surface area contributed by atoms with Crippen molar-refractivity contribution in [2.45, 2.75) is 39.3 Å². The molecule has 8 nitrogen and oxygen atoms in total.